The zero-order valence-electron chi connectivity index (χ0n) is 7.10. The zero-order valence-corrected chi connectivity index (χ0v) is 7.10. The lowest BCUT2D eigenvalue weighted by molar-refractivity contribution is 0.487. The Bertz CT molecular complexity index is 170. The van der Waals surface area contributed by atoms with Crippen molar-refractivity contribution in [2.24, 2.45) is 5.92 Å². The summed E-state index contributed by atoms with van der Waals surface area (Å²) in [4.78, 5) is 0. The molecule has 0 N–H and O–H groups in total. The molecule has 0 atom stereocenters. The monoisotopic (exact) mass is 148 g/mol. The molecule has 0 aliphatic heterocycles. The first-order chi connectivity index (χ1) is 5.22. The molecule has 1 fully saturated rings. The fourth-order valence-electron chi connectivity index (χ4n) is 1.79. The van der Waals surface area contributed by atoms with Crippen LogP contribution in [0, 0.1) is 5.92 Å². The van der Waals surface area contributed by atoms with E-state index < -0.39 is 0 Å². The van der Waals surface area contributed by atoms with Crippen molar-refractivity contribution in [2.75, 3.05) is 0 Å². The largest absolute Gasteiger partial charge is 0.103 e. The van der Waals surface area contributed by atoms with Crippen LogP contribution in [0.5, 0.6) is 0 Å². The Hall–Kier alpha value is -0.780. The molecule has 1 aliphatic rings. The third-order valence-electron chi connectivity index (χ3n) is 2.15. The second-order valence-electron chi connectivity index (χ2n) is 3.48. The molecule has 0 aromatic carbocycles. The Balaban J connectivity index is 2.49. The first-order valence-electron chi connectivity index (χ1n) is 4.16. The summed E-state index contributed by atoms with van der Waals surface area (Å²) >= 11 is 0. The topological polar surface area (TPSA) is 0 Å². The van der Waals surface area contributed by atoms with Crippen LogP contribution in [-0.2, 0) is 0 Å². The van der Waals surface area contributed by atoms with E-state index in [9.17, 15) is 0 Å². The van der Waals surface area contributed by atoms with Crippen molar-refractivity contribution < 1.29 is 0 Å². The summed E-state index contributed by atoms with van der Waals surface area (Å²) in [6, 6.07) is 0. The highest BCUT2D eigenvalue weighted by atomic mass is 14.2. The molecule has 0 bridgehead atoms. The van der Waals surface area contributed by atoms with Gasteiger partial charge in [-0.3, -0.25) is 0 Å². The predicted molar refractivity (Wildman–Crippen MR) is 50.4 cm³/mol. The molecule has 0 aromatic rings. The van der Waals surface area contributed by atoms with Crippen molar-refractivity contribution in [1.29, 1.82) is 0 Å². The molecule has 1 aliphatic carbocycles. The summed E-state index contributed by atoms with van der Waals surface area (Å²) in [6.07, 6.45) is 6.50. The highest BCUT2D eigenvalue weighted by Crippen LogP contribution is 2.32. The molecule has 0 saturated heterocycles. The first kappa shape index (κ1) is 8.32. The average Bonchev–Trinajstić information content (AvgIpc) is 1.85. The predicted octanol–water partition coefficient (Wildman–Crippen LogP) is 3.48. The van der Waals surface area contributed by atoms with E-state index in [1.165, 1.54) is 24.0 Å². The van der Waals surface area contributed by atoms with Gasteiger partial charge in [0.1, 0.15) is 0 Å². The van der Waals surface area contributed by atoms with Gasteiger partial charge in [0.05, 0.1) is 0 Å². The van der Waals surface area contributed by atoms with E-state index >= 15 is 0 Å². The molecule has 0 aromatic heterocycles. The van der Waals surface area contributed by atoms with E-state index in [4.69, 9.17) is 0 Å². The highest BCUT2D eigenvalue weighted by molar-refractivity contribution is 5.16. The summed E-state index contributed by atoms with van der Waals surface area (Å²) in [5.41, 5.74) is 2.68. The Morgan fingerprint density at radius 3 is 2.27 bits per heavy atom. The van der Waals surface area contributed by atoms with Gasteiger partial charge in [0.2, 0.25) is 0 Å². The van der Waals surface area contributed by atoms with Crippen LogP contribution in [0.15, 0.2) is 37.0 Å². The van der Waals surface area contributed by atoms with Gasteiger partial charge in [0.15, 0.2) is 0 Å². The maximum Gasteiger partial charge on any atom is -0.0114 e. The van der Waals surface area contributed by atoms with Crippen LogP contribution in [0.2, 0.25) is 0 Å². The maximum absolute atomic E-state index is 4.00. The molecule has 0 radical (unpaired) electrons. The Kier molecular flexibility index (Phi) is 2.70. The molecule has 0 heterocycles. The van der Waals surface area contributed by atoms with Crippen molar-refractivity contribution in [3.05, 3.63) is 37.0 Å². The van der Waals surface area contributed by atoms with Crippen molar-refractivity contribution in [3.63, 3.8) is 0 Å². The second-order valence-corrected chi connectivity index (χ2v) is 3.48. The fourth-order valence-corrected chi connectivity index (χ4v) is 1.79. The van der Waals surface area contributed by atoms with Gasteiger partial charge < -0.3 is 0 Å². The standard InChI is InChI=1S/C11H16/c1-4-5-11-7-9(2)6-10(3)8-11/h4,11H,1-3,5-8H2. The average molecular weight is 148 g/mol. The molecule has 1 rings (SSSR count). The van der Waals surface area contributed by atoms with E-state index in [-0.39, 0.29) is 0 Å². The minimum atomic E-state index is 0.737. The molecular formula is C11H16. The maximum atomic E-state index is 4.00. The number of hydrogen-bond acceptors (Lipinski definition) is 0. The smallest absolute Gasteiger partial charge is 0.0114 e. The summed E-state index contributed by atoms with van der Waals surface area (Å²) in [6.45, 7) is 11.7. The van der Waals surface area contributed by atoms with Crippen molar-refractivity contribution >= 4 is 0 Å². The lowest BCUT2D eigenvalue weighted by atomic mass is 9.82. The third-order valence-corrected chi connectivity index (χ3v) is 2.15. The lowest BCUT2D eigenvalue weighted by Gasteiger charge is -2.24. The van der Waals surface area contributed by atoms with E-state index in [0.29, 0.717) is 0 Å². The third kappa shape index (κ3) is 2.38. The van der Waals surface area contributed by atoms with Gasteiger partial charge in [-0.25, -0.2) is 0 Å². The Labute approximate surface area is 69.3 Å². The molecular weight excluding hydrogens is 132 g/mol. The molecule has 1 saturated carbocycles. The van der Waals surface area contributed by atoms with Gasteiger partial charge in [-0.1, -0.05) is 30.4 Å². The molecule has 11 heavy (non-hydrogen) atoms. The SMILES string of the molecule is C=CCC1CC(=C)CC(=C)C1. The normalized spacial score (nSPS) is 20.4. The number of hydrogen-bond donors (Lipinski definition) is 0. The second kappa shape index (κ2) is 3.56. The summed E-state index contributed by atoms with van der Waals surface area (Å²) < 4.78 is 0. The van der Waals surface area contributed by atoms with Crippen LogP contribution < -0.4 is 0 Å². The van der Waals surface area contributed by atoms with Crippen LogP contribution in [-0.4, -0.2) is 0 Å². The lowest BCUT2D eigenvalue weighted by Crippen LogP contribution is -2.08. The molecule has 0 unspecified atom stereocenters. The minimum absolute atomic E-state index is 0.737. The minimum Gasteiger partial charge on any atom is -0.103 e. The fraction of sp³-hybridized carbons (Fsp3) is 0.455. The molecule has 60 valence electrons. The van der Waals surface area contributed by atoms with Gasteiger partial charge in [-0.15, -0.1) is 6.58 Å². The van der Waals surface area contributed by atoms with E-state index in [1.54, 1.807) is 0 Å². The first-order valence-corrected chi connectivity index (χ1v) is 4.16. The molecule has 0 heteroatoms. The van der Waals surface area contributed by atoms with Gasteiger partial charge >= 0.3 is 0 Å². The Morgan fingerprint density at radius 2 is 1.82 bits per heavy atom. The van der Waals surface area contributed by atoms with E-state index in [1.807, 2.05) is 6.08 Å². The highest BCUT2D eigenvalue weighted by Gasteiger charge is 2.16. The number of rotatable bonds is 2. The van der Waals surface area contributed by atoms with Crippen LogP contribution in [0.3, 0.4) is 0 Å². The van der Waals surface area contributed by atoms with Gasteiger partial charge in [-0.05, 0) is 31.6 Å². The van der Waals surface area contributed by atoms with E-state index in [0.717, 1.165) is 18.8 Å². The van der Waals surface area contributed by atoms with Crippen molar-refractivity contribution in [3.8, 4) is 0 Å². The molecule has 0 spiro atoms. The van der Waals surface area contributed by atoms with Crippen LogP contribution in [0.4, 0.5) is 0 Å². The zero-order chi connectivity index (χ0) is 8.27. The van der Waals surface area contributed by atoms with Crippen LogP contribution in [0.1, 0.15) is 25.7 Å². The number of allylic oxidation sites excluding steroid dienone is 3. The van der Waals surface area contributed by atoms with Gasteiger partial charge in [0.25, 0.3) is 0 Å². The van der Waals surface area contributed by atoms with Crippen molar-refractivity contribution in [2.45, 2.75) is 25.7 Å². The van der Waals surface area contributed by atoms with Crippen LogP contribution in [0.25, 0.3) is 0 Å². The Morgan fingerprint density at radius 1 is 1.27 bits per heavy atom. The van der Waals surface area contributed by atoms with Crippen LogP contribution >= 0.6 is 0 Å². The van der Waals surface area contributed by atoms with Crippen molar-refractivity contribution in [1.82, 2.24) is 0 Å². The van der Waals surface area contributed by atoms with Gasteiger partial charge in [-0.2, -0.15) is 0 Å². The summed E-state index contributed by atoms with van der Waals surface area (Å²) in [7, 11) is 0. The quantitative estimate of drug-likeness (QED) is 0.526. The summed E-state index contributed by atoms with van der Waals surface area (Å²) in [5.74, 6) is 0.737. The molecule has 0 nitrogen and oxygen atoms in total. The molecule has 0 amide bonds. The van der Waals surface area contributed by atoms with E-state index in [2.05, 4.69) is 19.7 Å². The summed E-state index contributed by atoms with van der Waals surface area (Å²) in [5, 5.41) is 0. The van der Waals surface area contributed by atoms with Gasteiger partial charge in [0, 0.05) is 0 Å².